The molecule has 0 bridgehead atoms. The van der Waals surface area contributed by atoms with Crippen molar-refractivity contribution in [3.63, 3.8) is 0 Å². The molecular formula is C13H22N4O. The third-order valence-corrected chi connectivity index (χ3v) is 3.78. The summed E-state index contributed by atoms with van der Waals surface area (Å²) >= 11 is 0. The SMILES string of the molecule is Cc1nn(C)cc1C(=O)N1C(C)CCCC1CN. The molecule has 1 aromatic rings. The second-order valence-electron chi connectivity index (χ2n) is 5.18. The largest absolute Gasteiger partial charge is 0.332 e. The van der Waals surface area contributed by atoms with Crippen molar-refractivity contribution in [3.8, 4) is 0 Å². The molecule has 0 spiro atoms. The summed E-state index contributed by atoms with van der Waals surface area (Å²) in [6, 6.07) is 0.431. The molecule has 1 aromatic heterocycles. The number of hydrogen-bond acceptors (Lipinski definition) is 3. The van der Waals surface area contributed by atoms with Crippen LogP contribution in [0.15, 0.2) is 6.20 Å². The third kappa shape index (κ3) is 2.27. The Morgan fingerprint density at radius 3 is 2.83 bits per heavy atom. The average Bonchev–Trinajstić information content (AvgIpc) is 2.67. The molecule has 5 heteroatoms. The van der Waals surface area contributed by atoms with Crippen molar-refractivity contribution in [2.24, 2.45) is 12.8 Å². The molecule has 2 heterocycles. The van der Waals surface area contributed by atoms with Crippen molar-refractivity contribution < 1.29 is 4.79 Å². The van der Waals surface area contributed by atoms with Crippen LogP contribution in [0.25, 0.3) is 0 Å². The zero-order valence-electron chi connectivity index (χ0n) is 11.4. The van der Waals surface area contributed by atoms with Crippen molar-refractivity contribution in [1.29, 1.82) is 0 Å². The smallest absolute Gasteiger partial charge is 0.257 e. The van der Waals surface area contributed by atoms with E-state index >= 15 is 0 Å². The second kappa shape index (κ2) is 5.10. The summed E-state index contributed by atoms with van der Waals surface area (Å²) in [5.74, 6) is 0.0725. The lowest BCUT2D eigenvalue weighted by Gasteiger charge is -2.40. The first kappa shape index (κ1) is 13.1. The number of carbonyl (C=O) groups excluding carboxylic acids is 1. The molecule has 100 valence electrons. The van der Waals surface area contributed by atoms with E-state index in [2.05, 4.69) is 12.0 Å². The average molecular weight is 250 g/mol. The van der Waals surface area contributed by atoms with Gasteiger partial charge in [-0.2, -0.15) is 5.10 Å². The van der Waals surface area contributed by atoms with Crippen molar-refractivity contribution in [2.45, 2.75) is 45.2 Å². The molecule has 1 aliphatic heterocycles. The van der Waals surface area contributed by atoms with Gasteiger partial charge in [-0.05, 0) is 33.1 Å². The Bertz CT molecular complexity index is 440. The van der Waals surface area contributed by atoms with Gasteiger partial charge in [0.05, 0.1) is 11.3 Å². The number of nitrogens with two attached hydrogens (primary N) is 1. The van der Waals surface area contributed by atoms with Gasteiger partial charge in [-0.25, -0.2) is 0 Å². The number of hydrogen-bond donors (Lipinski definition) is 1. The van der Waals surface area contributed by atoms with Crippen molar-refractivity contribution in [3.05, 3.63) is 17.5 Å². The zero-order chi connectivity index (χ0) is 13.3. The van der Waals surface area contributed by atoms with Gasteiger partial charge < -0.3 is 10.6 Å². The van der Waals surface area contributed by atoms with Gasteiger partial charge in [0.1, 0.15) is 0 Å². The molecule has 1 fully saturated rings. The highest BCUT2D eigenvalue weighted by Crippen LogP contribution is 2.25. The van der Waals surface area contributed by atoms with Crippen LogP contribution in [0, 0.1) is 6.92 Å². The molecule has 2 unspecified atom stereocenters. The van der Waals surface area contributed by atoms with E-state index in [9.17, 15) is 4.79 Å². The van der Waals surface area contributed by atoms with Crippen LogP contribution in [0.4, 0.5) is 0 Å². The molecule has 1 amide bonds. The van der Waals surface area contributed by atoms with Crippen LogP contribution in [0.3, 0.4) is 0 Å². The Morgan fingerprint density at radius 2 is 2.28 bits per heavy atom. The molecule has 0 saturated carbocycles. The quantitative estimate of drug-likeness (QED) is 0.854. The van der Waals surface area contributed by atoms with E-state index in [0.717, 1.165) is 25.0 Å². The fraction of sp³-hybridized carbons (Fsp3) is 0.692. The van der Waals surface area contributed by atoms with Gasteiger partial charge in [0, 0.05) is 31.9 Å². The maximum absolute atomic E-state index is 12.6. The standard InChI is InChI=1S/C13H22N4O/c1-9-5-4-6-11(7-14)17(9)13(18)12-8-16(3)15-10(12)2/h8-9,11H,4-7,14H2,1-3H3. The van der Waals surface area contributed by atoms with E-state index in [1.165, 1.54) is 0 Å². The van der Waals surface area contributed by atoms with Gasteiger partial charge in [0.15, 0.2) is 0 Å². The minimum Gasteiger partial charge on any atom is -0.332 e. The highest BCUT2D eigenvalue weighted by molar-refractivity contribution is 5.95. The van der Waals surface area contributed by atoms with Crippen LogP contribution in [-0.4, -0.2) is 39.2 Å². The lowest BCUT2D eigenvalue weighted by Crippen LogP contribution is -2.51. The Morgan fingerprint density at radius 1 is 1.56 bits per heavy atom. The predicted molar refractivity (Wildman–Crippen MR) is 70.3 cm³/mol. The number of likely N-dealkylation sites (tertiary alicyclic amines) is 1. The maximum atomic E-state index is 12.6. The summed E-state index contributed by atoms with van der Waals surface area (Å²) in [5.41, 5.74) is 7.29. The Labute approximate surface area is 108 Å². The molecule has 5 nitrogen and oxygen atoms in total. The predicted octanol–water partition coefficient (Wildman–Crippen LogP) is 1.07. The molecular weight excluding hydrogens is 228 g/mol. The summed E-state index contributed by atoms with van der Waals surface area (Å²) in [7, 11) is 1.84. The van der Waals surface area contributed by atoms with Gasteiger partial charge in [-0.3, -0.25) is 9.48 Å². The van der Waals surface area contributed by atoms with Crippen LogP contribution in [0.1, 0.15) is 42.2 Å². The molecule has 2 N–H and O–H groups in total. The molecule has 1 aliphatic rings. The van der Waals surface area contributed by atoms with Gasteiger partial charge in [0.2, 0.25) is 0 Å². The van der Waals surface area contributed by atoms with E-state index in [4.69, 9.17) is 5.73 Å². The fourth-order valence-corrected chi connectivity index (χ4v) is 2.83. The summed E-state index contributed by atoms with van der Waals surface area (Å²) in [6.45, 7) is 4.51. The number of carbonyl (C=O) groups is 1. The first-order valence-corrected chi connectivity index (χ1v) is 6.57. The lowest BCUT2D eigenvalue weighted by molar-refractivity contribution is 0.0493. The number of rotatable bonds is 2. The van der Waals surface area contributed by atoms with E-state index in [1.54, 1.807) is 10.9 Å². The first-order chi connectivity index (χ1) is 8.54. The van der Waals surface area contributed by atoms with Gasteiger partial charge in [-0.15, -0.1) is 0 Å². The second-order valence-corrected chi connectivity index (χ2v) is 5.18. The highest BCUT2D eigenvalue weighted by Gasteiger charge is 2.32. The molecule has 2 atom stereocenters. The molecule has 18 heavy (non-hydrogen) atoms. The Hall–Kier alpha value is -1.36. The minimum atomic E-state index is 0.0725. The highest BCUT2D eigenvalue weighted by atomic mass is 16.2. The first-order valence-electron chi connectivity index (χ1n) is 6.57. The van der Waals surface area contributed by atoms with Crippen LogP contribution in [0.2, 0.25) is 0 Å². The van der Waals surface area contributed by atoms with E-state index < -0.39 is 0 Å². The maximum Gasteiger partial charge on any atom is 0.257 e. The van der Waals surface area contributed by atoms with Gasteiger partial charge in [0.25, 0.3) is 5.91 Å². The van der Waals surface area contributed by atoms with E-state index in [1.807, 2.05) is 18.9 Å². The van der Waals surface area contributed by atoms with Crippen LogP contribution in [0.5, 0.6) is 0 Å². The molecule has 1 saturated heterocycles. The molecule has 2 rings (SSSR count). The molecule has 0 aliphatic carbocycles. The number of aromatic nitrogens is 2. The molecule has 0 radical (unpaired) electrons. The number of piperidine rings is 1. The van der Waals surface area contributed by atoms with E-state index in [-0.39, 0.29) is 18.0 Å². The van der Waals surface area contributed by atoms with Crippen molar-refractivity contribution >= 4 is 5.91 Å². The van der Waals surface area contributed by atoms with E-state index in [0.29, 0.717) is 12.1 Å². The topological polar surface area (TPSA) is 64.2 Å². The summed E-state index contributed by atoms with van der Waals surface area (Å²) < 4.78 is 1.69. The zero-order valence-corrected chi connectivity index (χ0v) is 11.4. The van der Waals surface area contributed by atoms with Gasteiger partial charge >= 0.3 is 0 Å². The lowest BCUT2D eigenvalue weighted by atomic mass is 9.95. The van der Waals surface area contributed by atoms with Gasteiger partial charge in [-0.1, -0.05) is 0 Å². The van der Waals surface area contributed by atoms with Crippen LogP contribution >= 0.6 is 0 Å². The summed E-state index contributed by atoms with van der Waals surface area (Å²) in [5, 5.41) is 4.24. The summed E-state index contributed by atoms with van der Waals surface area (Å²) in [6.07, 6.45) is 5.01. The molecule has 0 aromatic carbocycles. The number of nitrogens with zero attached hydrogens (tertiary/aromatic N) is 3. The van der Waals surface area contributed by atoms with Crippen LogP contribution in [-0.2, 0) is 7.05 Å². The van der Waals surface area contributed by atoms with Crippen molar-refractivity contribution in [2.75, 3.05) is 6.54 Å². The normalized spacial score (nSPS) is 24.3. The minimum absolute atomic E-state index is 0.0725. The Balaban J connectivity index is 2.28. The van der Waals surface area contributed by atoms with Crippen LogP contribution < -0.4 is 5.73 Å². The monoisotopic (exact) mass is 250 g/mol. The number of amides is 1. The number of aryl methyl sites for hydroxylation is 2. The third-order valence-electron chi connectivity index (χ3n) is 3.78. The Kier molecular flexibility index (Phi) is 3.71. The van der Waals surface area contributed by atoms with Crippen molar-refractivity contribution in [1.82, 2.24) is 14.7 Å². The summed E-state index contributed by atoms with van der Waals surface area (Å²) in [4.78, 5) is 14.6. The fourth-order valence-electron chi connectivity index (χ4n) is 2.83.